The summed E-state index contributed by atoms with van der Waals surface area (Å²) in [6.07, 6.45) is -5.80. The zero-order valence-corrected chi connectivity index (χ0v) is 9.39. The molecule has 0 heterocycles. The van der Waals surface area contributed by atoms with Crippen molar-refractivity contribution in [2.45, 2.75) is 18.6 Å². The van der Waals surface area contributed by atoms with Crippen LogP contribution in [0, 0.1) is 0 Å². The van der Waals surface area contributed by atoms with Gasteiger partial charge in [0.15, 0.2) is 0 Å². The summed E-state index contributed by atoms with van der Waals surface area (Å²) in [5, 5.41) is 1.35. The Morgan fingerprint density at radius 1 is 1.35 bits per heavy atom. The summed E-state index contributed by atoms with van der Waals surface area (Å²) in [5.41, 5.74) is 0. The van der Waals surface area contributed by atoms with Crippen molar-refractivity contribution in [3.63, 3.8) is 0 Å². The van der Waals surface area contributed by atoms with Crippen molar-refractivity contribution in [2.24, 2.45) is 0 Å². The molecule has 0 saturated heterocycles. The van der Waals surface area contributed by atoms with Gasteiger partial charge in [0.1, 0.15) is 11.8 Å². The first-order valence-electron chi connectivity index (χ1n) is 4.25. The van der Waals surface area contributed by atoms with Crippen molar-refractivity contribution in [1.29, 1.82) is 0 Å². The largest absolute Gasteiger partial charge is 0.471 e. The van der Waals surface area contributed by atoms with E-state index >= 15 is 0 Å². The van der Waals surface area contributed by atoms with Gasteiger partial charge in [0.25, 0.3) is 0 Å². The van der Waals surface area contributed by atoms with E-state index in [9.17, 15) is 27.6 Å². The molecular weight excluding hydrogens is 267 g/mol. The van der Waals surface area contributed by atoms with Crippen LogP contribution in [0.2, 0.25) is 0 Å². The van der Waals surface area contributed by atoms with Gasteiger partial charge in [0.2, 0.25) is 0 Å². The number of hydrogen-bond donors (Lipinski definition) is 1. The molecule has 1 N–H and O–H groups in total. The summed E-state index contributed by atoms with van der Waals surface area (Å²) >= 11 is 5.13. The fraction of sp³-hybridized carbons (Fsp3) is 0.625. The van der Waals surface area contributed by atoms with E-state index in [4.69, 9.17) is 11.6 Å². The van der Waals surface area contributed by atoms with Crippen LogP contribution >= 0.6 is 11.6 Å². The standard InChI is InChI=1S/C8H9ClF3NO4/c1-17-6(15)5(2-4(14)3-9)13-7(16)8(10,11)12/h5H,2-3H2,1H3,(H,13,16). The lowest BCUT2D eigenvalue weighted by molar-refractivity contribution is -0.175. The van der Waals surface area contributed by atoms with Gasteiger partial charge < -0.3 is 10.1 Å². The van der Waals surface area contributed by atoms with E-state index in [1.54, 1.807) is 0 Å². The third kappa shape index (κ3) is 5.53. The second kappa shape index (κ2) is 6.43. The van der Waals surface area contributed by atoms with Crippen LogP contribution < -0.4 is 5.32 Å². The number of methoxy groups -OCH3 is 1. The predicted octanol–water partition coefficient (Wildman–Crippen LogP) is 0.404. The van der Waals surface area contributed by atoms with Gasteiger partial charge in [-0.05, 0) is 0 Å². The first-order chi connectivity index (χ1) is 7.72. The zero-order valence-electron chi connectivity index (χ0n) is 8.64. The molecule has 0 aliphatic rings. The summed E-state index contributed by atoms with van der Waals surface area (Å²) < 4.78 is 39.9. The van der Waals surface area contributed by atoms with Crippen LogP contribution in [0.3, 0.4) is 0 Å². The number of ketones is 1. The van der Waals surface area contributed by atoms with E-state index in [0.29, 0.717) is 0 Å². The van der Waals surface area contributed by atoms with E-state index in [-0.39, 0.29) is 0 Å². The Balaban J connectivity index is 4.66. The SMILES string of the molecule is COC(=O)C(CC(=O)CCl)NC(=O)C(F)(F)F. The number of hydrogen-bond acceptors (Lipinski definition) is 4. The fourth-order valence-corrected chi connectivity index (χ4v) is 0.967. The van der Waals surface area contributed by atoms with Crippen molar-refractivity contribution in [3.05, 3.63) is 0 Å². The molecule has 5 nitrogen and oxygen atoms in total. The zero-order chi connectivity index (χ0) is 13.6. The molecule has 9 heteroatoms. The average molecular weight is 276 g/mol. The van der Waals surface area contributed by atoms with Gasteiger partial charge >= 0.3 is 18.1 Å². The molecule has 1 amide bonds. The second-order valence-corrected chi connectivity index (χ2v) is 3.19. The Hall–Kier alpha value is -1.31. The molecule has 0 aliphatic carbocycles. The third-order valence-corrected chi connectivity index (χ3v) is 1.93. The minimum absolute atomic E-state index is 0.477. The monoisotopic (exact) mass is 275 g/mol. The molecule has 0 radical (unpaired) electrons. The average Bonchev–Trinajstić information content (AvgIpc) is 2.25. The lowest BCUT2D eigenvalue weighted by atomic mass is 10.1. The first-order valence-corrected chi connectivity index (χ1v) is 4.79. The Morgan fingerprint density at radius 2 is 1.88 bits per heavy atom. The van der Waals surface area contributed by atoms with Gasteiger partial charge in [-0.2, -0.15) is 13.2 Å². The number of carbonyl (C=O) groups excluding carboxylic acids is 3. The Labute approximate surface area is 99.2 Å². The molecule has 0 rings (SSSR count). The van der Waals surface area contributed by atoms with Crippen molar-refractivity contribution in [1.82, 2.24) is 5.32 Å². The van der Waals surface area contributed by atoms with Gasteiger partial charge in [0, 0.05) is 6.42 Å². The first kappa shape index (κ1) is 15.7. The predicted molar refractivity (Wildman–Crippen MR) is 50.3 cm³/mol. The molecule has 1 atom stereocenters. The quantitative estimate of drug-likeness (QED) is 0.582. The molecular formula is C8H9ClF3NO4. The molecule has 98 valence electrons. The Morgan fingerprint density at radius 3 is 2.24 bits per heavy atom. The summed E-state index contributed by atoms with van der Waals surface area (Å²) in [5.74, 6) is -4.64. The van der Waals surface area contributed by atoms with Gasteiger partial charge in [-0.25, -0.2) is 4.79 Å². The number of Topliss-reactive ketones (excluding diaryl/α,β-unsaturated/α-hetero) is 1. The molecule has 17 heavy (non-hydrogen) atoms. The molecule has 0 fully saturated rings. The molecule has 0 bridgehead atoms. The fourth-order valence-electron chi connectivity index (χ4n) is 0.858. The maximum Gasteiger partial charge on any atom is 0.471 e. The minimum atomic E-state index is -5.14. The van der Waals surface area contributed by atoms with Crippen LogP contribution in [0.1, 0.15) is 6.42 Å². The summed E-state index contributed by atoms with van der Waals surface area (Å²) in [6, 6.07) is -1.69. The highest BCUT2D eigenvalue weighted by atomic mass is 35.5. The summed E-state index contributed by atoms with van der Waals surface area (Å²) in [7, 11) is 0.917. The molecule has 0 aromatic carbocycles. The molecule has 0 aromatic rings. The van der Waals surface area contributed by atoms with Crippen LogP contribution in [0.25, 0.3) is 0 Å². The number of rotatable bonds is 5. The normalized spacial score (nSPS) is 12.8. The number of carbonyl (C=O) groups is 3. The van der Waals surface area contributed by atoms with Crippen LogP contribution in [-0.4, -0.2) is 42.9 Å². The molecule has 0 aromatic heterocycles. The summed E-state index contributed by atoms with van der Waals surface area (Å²) in [4.78, 5) is 32.5. The van der Waals surface area contributed by atoms with Crippen LogP contribution in [0.15, 0.2) is 0 Å². The smallest absolute Gasteiger partial charge is 0.467 e. The Bertz CT molecular complexity index is 318. The minimum Gasteiger partial charge on any atom is -0.467 e. The third-order valence-electron chi connectivity index (χ3n) is 1.63. The lowest BCUT2D eigenvalue weighted by Gasteiger charge is -2.16. The molecule has 0 saturated carbocycles. The van der Waals surface area contributed by atoms with Gasteiger partial charge in [0.05, 0.1) is 13.0 Å². The highest BCUT2D eigenvalue weighted by Gasteiger charge is 2.41. The summed E-state index contributed by atoms with van der Waals surface area (Å²) in [6.45, 7) is 0. The number of ether oxygens (including phenoxy) is 1. The maximum absolute atomic E-state index is 11.9. The number of nitrogens with one attached hydrogen (secondary N) is 1. The number of amides is 1. The van der Waals surface area contributed by atoms with E-state index in [1.165, 1.54) is 5.32 Å². The Kier molecular flexibility index (Phi) is 5.94. The molecule has 0 aliphatic heterocycles. The highest BCUT2D eigenvalue weighted by molar-refractivity contribution is 6.27. The van der Waals surface area contributed by atoms with Crippen molar-refractivity contribution < 1.29 is 32.3 Å². The highest BCUT2D eigenvalue weighted by Crippen LogP contribution is 2.15. The van der Waals surface area contributed by atoms with Crippen molar-refractivity contribution >= 4 is 29.3 Å². The molecule has 0 spiro atoms. The van der Waals surface area contributed by atoms with Crippen LogP contribution in [0.4, 0.5) is 13.2 Å². The lowest BCUT2D eigenvalue weighted by Crippen LogP contribution is -2.48. The van der Waals surface area contributed by atoms with Crippen molar-refractivity contribution in [3.8, 4) is 0 Å². The van der Waals surface area contributed by atoms with Gasteiger partial charge in [-0.3, -0.25) is 9.59 Å². The van der Waals surface area contributed by atoms with E-state index in [2.05, 4.69) is 4.74 Å². The van der Waals surface area contributed by atoms with E-state index in [1.807, 2.05) is 0 Å². The topological polar surface area (TPSA) is 72.5 Å². The van der Waals surface area contributed by atoms with Gasteiger partial charge in [-0.15, -0.1) is 11.6 Å². The molecule has 1 unspecified atom stereocenters. The number of esters is 1. The number of alkyl halides is 4. The van der Waals surface area contributed by atoms with Crippen molar-refractivity contribution in [2.75, 3.05) is 13.0 Å². The van der Waals surface area contributed by atoms with Crippen LogP contribution in [-0.2, 0) is 19.1 Å². The van der Waals surface area contributed by atoms with Gasteiger partial charge in [-0.1, -0.05) is 0 Å². The van der Waals surface area contributed by atoms with E-state index in [0.717, 1.165) is 7.11 Å². The maximum atomic E-state index is 11.9. The second-order valence-electron chi connectivity index (χ2n) is 2.92. The number of halogens is 4. The van der Waals surface area contributed by atoms with E-state index < -0.39 is 42.2 Å². The van der Waals surface area contributed by atoms with Crippen LogP contribution in [0.5, 0.6) is 0 Å².